The van der Waals surface area contributed by atoms with Gasteiger partial charge in [-0.05, 0) is 54.8 Å². The van der Waals surface area contributed by atoms with Crippen molar-refractivity contribution in [3.05, 3.63) is 77.6 Å². The standard InChI is InChI=1S/C26H24F3N3O2/c1-15(17-7-5-8-18(11-17)19-9-6-10-20(12-19)26(27,28)29)30-25-21-13-23(33-3)24(34-4)14-22(21)31-16(2)32-25/h5-15H,1-4H3,(H,30,31,32). The lowest BCUT2D eigenvalue weighted by molar-refractivity contribution is -0.137. The van der Waals surface area contributed by atoms with E-state index in [1.807, 2.05) is 31.2 Å². The first kappa shape index (κ1) is 23.4. The highest BCUT2D eigenvalue weighted by Gasteiger charge is 2.30. The number of anilines is 1. The van der Waals surface area contributed by atoms with Crippen LogP contribution in [0.25, 0.3) is 22.0 Å². The fourth-order valence-electron chi connectivity index (χ4n) is 3.83. The van der Waals surface area contributed by atoms with Gasteiger partial charge in [-0.2, -0.15) is 13.2 Å². The second kappa shape index (κ2) is 9.21. The van der Waals surface area contributed by atoms with Crippen molar-refractivity contribution in [2.45, 2.75) is 26.1 Å². The lowest BCUT2D eigenvalue weighted by atomic mass is 9.98. The van der Waals surface area contributed by atoms with E-state index in [1.165, 1.54) is 6.07 Å². The minimum atomic E-state index is -4.39. The molecule has 0 aliphatic rings. The molecule has 176 valence electrons. The molecule has 1 atom stereocenters. The van der Waals surface area contributed by atoms with E-state index in [-0.39, 0.29) is 6.04 Å². The summed E-state index contributed by atoms with van der Waals surface area (Å²) in [5.74, 6) is 2.35. The third-order valence-corrected chi connectivity index (χ3v) is 5.58. The highest BCUT2D eigenvalue weighted by Crippen LogP contribution is 2.36. The molecule has 0 saturated heterocycles. The molecule has 4 aromatic rings. The normalized spacial score (nSPS) is 12.4. The third-order valence-electron chi connectivity index (χ3n) is 5.58. The van der Waals surface area contributed by atoms with Crippen molar-refractivity contribution in [1.29, 1.82) is 0 Å². The first-order valence-corrected chi connectivity index (χ1v) is 10.6. The maximum absolute atomic E-state index is 13.2. The molecule has 8 heteroatoms. The first-order chi connectivity index (χ1) is 16.2. The summed E-state index contributed by atoms with van der Waals surface area (Å²) < 4.78 is 50.3. The molecule has 0 saturated carbocycles. The number of aryl methyl sites for hydroxylation is 1. The molecule has 34 heavy (non-hydrogen) atoms. The number of hydrogen-bond donors (Lipinski definition) is 1. The van der Waals surface area contributed by atoms with Gasteiger partial charge in [0.05, 0.1) is 25.3 Å². The highest BCUT2D eigenvalue weighted by molar-refractivity contribution is 5.92. The van der Waals surface area contributed by atoms with Crippen LogP contribution in [0.5, 0.6) is 11.5 Å². The van der Waals surface area contributed by atoms with Crippen molar-refractivity contribution in [2.24, 2.45) is 0 Å². The fraction of sp³-hybridized carbons (Fsp3) is 0.231. The summed E-state index contributed by atoms with van der Waals surface area (Å²) in [7, 11) is 3.13. The number of hydrogen-bond acceptors (Lipinski definition) is 5. The van der Waals surface area contributed by atoms with Gasteiger partial charge in [0.1, 0.15) is 11.6 Å². The van der Waals surface area contributed by atoms with E-state index in [0.717, 1.165) is 23.1 Å². The van der Waals surface area contributed by atoms with Crippen LogP contribution in [0.1, 0.15) is 29.9 Å². The van der Waals surface area contributed by atoms with Gasteiger partial charge in [-0.3, -0.25) is 0 Å². The summed E-state index contributed by atoms with van der Waals surface area (Å²) in [6.07, 6.45) is -4.39. The van der Waals surface area contributed by atoms with Crippen LogP contribution < -0.4 is 14.8 Å². The van der Waals surface area contributed by atoms with Gasteiger partial charge >= 0.3 is 6.18 Å². The summed E-state index contributed by atoms with van der Waals surface area (Å²) >= 11 is 0. The van der Waals surface area contributed by atoms with Crippen molar-refractivity contribution >= 4 is 16.7 Å². The van der Waals surface area contributed by atoms with Crippen molar-refractivity contribution in [3.63, 3.8) is 0 Å². The van der Waals surface area contributed by atoms with Gasteiger partial charge < -0.3 is 14.8 Å². The Kier molecular flexibility index (Phi) is 6.32. The SMILES string of the molecule is COc1cc2nc(C)nc(NC(C)c3cccc(-c4cccc(C(F)(F)F)c4)c3)c2cc1OC. The predicted octanol–water partition coefficient (Wildman–Crippen LogP) is 6.81. The number of alkyl halides is 3. The average Bonchev–Trinajstić information content (AvgIpc) is 2.82. The third kappa shape index (κ3) is 4.76. The number of ether oxygens (including phenoxy) is 2. The second-order valence-electron chi connectivity index (χ2n) is 7.91. The molecule has 5 nitrogen and oxygen atoms in total. The molecule has 3 aromatic carbocycles. The van der Waals surface area contributed by atoms with Gasteiger partial charge in [-0.25, -0.2) is 9.97 Å². The molecule has 1 heterocycles. The first-order valence-electron chi connectivity index (χ1n) is 10.6. The molecule has 1 unspecified atom stereocenters. The topological polar surface area (TPSA) is 56.3 Å². The van der Waals surface area contributed by atoms with Crippen molar-refractivity contribution in [2.75, 3.05) is 19.5 Å². The number of nitrogens with one attached hydrogen (secondary N) is 1. The van der Waals surface area contributed by atoms with Gasteiger partial charge in [0.25, 0.3) is 0 Å². The van der Waals surface area contributed by atoms with Crippen LogP contribution in [0.4, 0.5) is 19.0 Å². The number of nitrogens with zero attached hydrogens (tertiary/aromatic N) is 2. The van der Waals surface area contributed by atoms with Crippen LogP contribution in [0, 0.1) is 6.92 Å². The van der Waals surface area contributed by atoms with E-state index in [1.54, 1.807) is 39.3 Å². The van der Waals surface area contributed by atoms with Gasteiger partial charge in [0.15, 0.2) is 11.5 Å². The number of benzene rings is 3. The quantitative estimate of drug-likeness (QED) is 0.337. The molecule has 0 radical (unpaired) electrons. The highest BCUT2D eigenvalue weighted by atomic mass is 19.4. The molecule has 0 aliphatic carbocycles. The molecule has 0 amide bonds. The van der Waals surface area contributed by atoms with Crippen LogP contribution in [0.15, 0.2) is 60.7 Å². The molecular formula is C26H24F3N3O2. The molecule has 4 rings (SSSR count). The van der Waals surface area contributed by atoms with Crippen molar-refractivity contribution in [3.8, 4) is 22.6 Å². The smallest absolute Gasteiger partial charge is 0.416 e. The van der Waals surface area contributed by atoms with Crippen LogP contribution in [-0.2, 0) is 6.18 Å². The summed E-state index contributed by atoms with van der Waals surface area (Å²) in [6, 6.07) is 16.2. The number of fused-ring (bicyclic) bond motifs is 1. The van der Waals surface area contributed by atoms with Gasteiger partial charge in [-0.1, -0.05) is 30.3 Å². The van der Waals surface area contributed by atoms with E-state index in [9.17, 15) is 13.2 Å². The Balaban J connectivity index is 1.68. The maximum atomic E-state index is 13.2. The molecule has 1 aromatic heterocycles. The van der Waals surface area contributed by atoms with Gasteiger partial charge in [0, 0.05) is 17.5 Å². The van der Waals surface area contributed by atoms with Crippen LogP contribution in [-0.4, -0.2) is 24.2 Å². The zero-order chi connectivity index (χ0) is 24.5. The largest absolute Gasteiger partial charge is 0.493 e. The second-order valence-corrected chi connectivity index (χ2v) is 7.91. The lowest BCUT2D eigenvalue weighted by Crippen LogP contribution is -2.10. The van der Waals surface area contributed by atoms with E-state index in [0.29, 0.717) is 39.8 Å². The van der Waals surface area contributed by atoms with E-state index >= 15 is 0 Å². The van der Waals surface area contributed by atoms with Gasteiger partial charge in [0.2, 0.25) is 0 Å². The monoisotopic (exact) mass is 467 g/mol. The minimum absolute atomic E-state index is 0.184. The Morgan fingerprint density at radius 3 is 2.18 bits per heavy atom. The summed E-state index contributed by atoms with van der Waals surface area (Å²) in [6.45, 7) is 3.77. The maximum Gasteiger partial charge on any atom is 0.416 e. The van der Waals surface area contributed by atoms with Crippen molar-refractivity contribution < 1.29 is 22.6 Å². The van der Waals surface area contributed by atoms with Crippen LogP contribution in [0.3, 0.4) is 0 Å². The Morgan fingerprint density at radius 1 is 0.853 bits per heavy atom. The molecule has 0 fully saturated rings. The minimum Gasteiger partial charge on any atom is -0.493 e. The summed E-state index contributed by atoms with van der Waals surface area (Å²) in [5, 5.41) is 4.19. The lowest BCUT2D eigenvalue weighted by Gasteiger charge is -2.19. The van der Waals surface area contributed by atoms with Crippen LogP contribution in [0.2, 0.25) is 0 Å². The van der Waals surface area contributed by atoms with Crippen molar-refractivity contribution in [1.82, 2.24) is 9.97 Å². The molecular weight excluding hydrogens is 443 g/mol. The van der Waals surface area contributed by atoms with E-state index < -0.39 is 11.7 Å². The molecule has 0 aliphatic heterocycles. The Hall–Kier alpha value is -3.81. The molecule has 1 N–H and O–H groups in total. The Bertz CT molecular complexity index is 1340. The van der Waals surface area contributed by atoms with E-state index in [2.05, 4.69) is 15.3 Å². The van der Waals surface area contributed by atoms with Crippen LogP contribution >= 0.6 is 0 Å². The average molecular weight is 467 g/mol. The molecule has 0 bridgehead atoms. The van der Waals surface area contributed by atoms with E-state index in [4.69, 9.17) is 9.47 Å². The summed E-state index contributed by atoms with van der Waals surface area (Å²) in [5.41, 5.74) is 2.14. The zero-order valence-electron chi connectivity index (χ0n) is 19.2. The fourth-order valence-corrected chi connectivity index (χ4v) is 3.83. The Labute approximate surface area is 195 Å². The van der Waals surface area contributed by atoms with Gasteiger partial charge in [-0.15, -0.1) is 0 Å². The Morgan fingerprint density at radius 2 is 1.50 bits per heavy atom. The molecule has 0 spiro atoms. The summed E-state index contributed by atoms with van der Waals surface area (Å²) in [4.78, 5) is 9.08. The number of methoxy groups -OCH3 is 2. The number of rotatable bonds is 6. The predicted molar refractivity (Wildman–Crippen MR) is 126 cm³/mol. The number of halogens is 3. The zero-order valence-corrected chi connectivity index (χ0v) is 19.2. The number of aromatic nitrogens is 2.